The van der Waals surface area contributed by atoms with Gasteiger partial charge in [0.25, 0.3) is 5.91 Å². The fraction of sp³-hybridized carbons (Fsp3) is 0.450. The zero-order valence-electron chi connectivity index (χ0n) is 16.4. The summed E-state index contributed by atoms with van der Waals surface area (Å²) < 4.78 is 9.23. The van der Waals surface area contributed by atoms with Gasteiger partial charge in [-0.3, -0.25) is 19.3 Å². The second-order valence-electron chi connectivity index (χ2n) is 6.91. The zero-order valence-corrected chi connectivity index (χ0v) is 18.8. The Hall–Kier alpha value is -1.81. The number of benzene rings is 1. The first-order valence-electron chi connectivity index (χ1n) is 9.85. The van der Waals surface area contributed by atoms with E-state index in [2.05, 4.69) is 25.9 Å². The number of carbonyl (C=O) groups excluding carboxylic acids is 1. The Bertz CT molecular complexity index is 982. The number of aromatic nitrogens is 3. The summed E-state index contributed by atoms with van der Waals surface area (Å²) in [4.78, 5) is 22.3. The third-order valence-electron chi connectivity index (χ3n) is 5.01. The highest BCUT2D eigenvalue weighted by Gasteiger charge is 2.24. The van der Waals surface area contributed by atoms with Gasteiger partial charge in [0.15, 0.2) is 5.13 Å². The van der Waals surface area contributed by atoms with Crippen LogP contribution in [0.4, 0.5) is 5.13 Å². The van der Waals surface area contributed by atoms with E-state index in [9.17, 15) is 4.79 Å². The number of nitrogens with zero attached hydrogens (tertiary/aromatic N) is 5. The number of ether oxygens (including phenoxy) is 1. The van der Waals surface area contributed by atoms with Crippen LogP contribution in [0.3, 0.4) is 0 Å². The first-order valence-corrected chi connectivity index (χ1v) is 11.5. The number of hydrogen-bond donors (Lipinski definition) is 0. The van der Waals surface area contributed by atoms with Crippen molar-refractivity contribution < 1.29 is 9.53 Å². The summed E-state index contributed by atoms with van der Waals surface area (Å²) in [5, 5.41) is 4.99. The summed E-state index contributed by atoms with van der Waals surface area (Å²) in [5.74, 6) is -0.0514. The Morgan fingerprint density at radius 1 is 1.31 bits per heavy atom. The number of halogens is 1. The molecule has 0 unspecified atom stereocenters. The maximum Gasteiger partial charge on any atom is 0.278 e. The molecule has 1 aromatic carbocycles. The molecule has 7 nitrogen and oxygen atoms in total. The Morgan fingerprint density at radius 3 is 2.93 bits per heavy atom. The third-order valence-corrected chi connectivity index (χ3v) is 6.54. The first-order chi connectivity index (χ1) is 14.2. The van der Waals surface area contributed by atoms with Gasteiger partial charge in [-0.05, 0) is 37.6 Å². The van der Waals surface area contributed by atoms with Gasteiger partial charge < -0.3 is 4.74 Å². The highest BCUT2D eigenvalue weighted by molar-refractivity contribution is 9.10. The average Bonchev–Trinajstić information content (AvgIpc) is 3.37. The van der Waals surface area contributed by atoms with Crippen LogP contribution in [0.15, 0.2) is 34.9 Å². The van der Waals surface area contributed by atoms with Crippen molar-refractivity contribution in [3.8, 4) is 0 Å². The van der Waals surface area contributed by atoms with Crippen LogP contribution in [-0.2, 0) is 11.3 Å². The van der Waals surface area contributed by atoms with Crippen molar-refractivity contribution in [3.05, 3.63) is 40.6 Å². The number of amides is 1. The van der Waals surface area contributed by atoms with E-state index < -0.39 is 0 Å². The van der Waals surface area contributed by atoms with Crippen LogP contribution in [0.5, 0.6) is 0 Å². The number of anilines is 1. The number of aryl methyl sites for hydroxylation is 1. The van der Waals surface area contributed by atoms with Gasteiger partial charge in [0.05, 0.1) is 23.4 Å². The van der Waals surface area contributed by atoms with Crippen molar-refractivity contribution in [1.29, 1.82) is 0 Å². The largest absolute Gasteiger partial charge is 0.379 e. The highest BCUT2D eigenvalue weighted by Crippen LogP contribution is 2.31. The molecule has 1 amide bonds. The minimum atomic E-state index is -0.0514. The first kappa shape index (κ1) is 20.5. The predicted molar refractivity (Wildman–Crippen MR) is 119 cm³/mol. The quantitative estimate of drug-likeness (QED) is 0.519. The van der Waals surface area contributed by atoms with Crippen LogP contribution in [0.1, 0.15) is 23.8 Å². The standard InChI is InChI=1S/C20H24BrN5O2S/c1-2-26-17(6-7-22-26)19(27)25(9-3-8-24-10-12-28-13-11-24)20-23-16-5-4-15(21)14-18(16)29-20/h4-7,14H,2-3,8-13H2,1H3. The fourth-order valence-corrected chi connectivity index (χ4v) is 5.01. The van der Waals surface area contributed by atoms with Crippen molar-refractivity contribution in [2.24, 2.45) is 0 Å². The monoisotopic (exact) mass is 477 g/mol. The minimum Gasteiger partial charge on any atom is -0.379 e. The van der Waals surface area contributed by atoms with Crippen molar-refractivity contribution in [2.75, 3.05) is 44.3 Å². The lowest BCUT2D eigenvalue weighted by atomic mass is 10.3. The topological polar surface area (TPSA) is 63.5 Å². The number of rotatable bonds is 7. The predicted octanol–water partition coefficient (Wildman–Crippen LogP) is 3.64. The normalized spacial score (nSPS) is 15.1. The SMILES string of the molecule is CCn1nccc1C(=O)N(CCCN1CCOCC1)c1nc2ccc(Br)cc2s1. The molecule has 0 saturated carbocycles. The molecular weight excluding hydrogens is 454 g/mol. The third kappa shape index (κ3) is 4.69. The minimum absolute atomic E-state index is 0.0514. The molecule has 4 rings (SSSR count). The molecule has 1 saturated heterocycles. The molecule has 154 valence electrons. The van der Waals surface area contributed by atoms with Crippen LogP contribution in [-0.4, -0.2) is 65.0 Å². The lowest BCUT2D eigenvalue weighted by Crippen LogP contribution is -2.39. The molecule has 0 atom stereocenters. The van der Waals surface area contributed by atoms with Gasteiger partial charge in [-0.15, -0.1) is 0 Å². The fourth-order valence-electron chi connectivity index (χ4n) is 3.47. The lowest BCUT2D eigenvalue weighted by Gasteiger charge is -2.27. The molecule has 0 N–H and O–H groups in total. The molecule has 29 heavy (non-hydrogen) atoms. The van der Waals surface area contributed by atoms with E-state index in [1.165, 1.54) is 0 Å². The summed E-state index contributed by atoms with van der Waals surface area (Å²) in [6, 6.07) is 7.78. The second kappa shape index (κ2) is 9.34. The van der Waals surface area contributed by atoms with Gasteiger partial charge in [-0.2, -0.15) is 5.10 Å². The molecule has 9 heteroatoms. The smallest absolute Gasteiger partial charge is 0.278 e. The summed E-state index contributed by atoms with van der Waals surface area (Å²) >= 11 is 5.06. The molecule has 3 heterocycles. The van der Waals surface area contributed by atoms with Crippen LogP contribution in [0, 0.1) is 0 Å². The van der Waals surface area contributed by atoms with Gasteiger partial charge in [0, 0.05) is 43.4 Å². The van der Waals surface area contributed by atoms with E-state index in [1.54, 1.807) is 28.3 Å². The van der Waals surface area contributed by atoms with Gasteiger partial charge in [-0.1, -0.05) is 27.3 Å². The van der Waals surface area contributed by atoms with Crippen molar-refractivity contribution in [3.63, 3.8) is 0 Å². The molecule has 1 aliphatic heterocycles. The van der Waals surface area contributed by atoms with E-state index in [-0.39, 0.29) is 5.91 Å². The Balaban J connectivity index is 1.57. The number of carbonyl (C=O) groups is 1. The molecule has 0 spiro atoms. The lowest BCUT2D eigenvalue weighted by molar-refractivity contribution is 0.0376. The van der Waals surface area contributed by atoms with E-state index in [0.29, 0.717) is 18.8 Å². The molecule has 1 aliphatic rings. The van der Waals surface area contributed by atoms with Gasteiger partial charge in [-0.25, -0.2) is 4.98 Å². The number of hydrogen-bond acceptors (Lipinski definition) is 6. The van der Waals surface area contributed by atoms with Crippen LogP contribution >= 0.6 is 27.3 Å². The Morgan fingerprint density at radius 2 is 2.14 bits per heavy atom. The molecule has 0 bridgehead atoms. The van der Waals surface area contributed by atoms with E-state index in [4.69, 9.17) is 9.72 Å². The van der Waals surface area contributed by atoms with Crippen molar-refractivity contribution in [1.82, 2.24) is 19.7 Å². The summed E-state index contributed by atoms with van der Waals surface area (Å²) in [7, 11) is 0. The molecule has 0 radical (unpaired) electrons. The van der Waals surface area contributed by atoms with E-state index >= 15 is 0 Å². The average molecular weight is 478 g/mol. The van der Waals surface area contributed by atoms with Crippen molar-refractivity contribution in [2.45, 2.75) is 19.9 Å². The number of fused-ring (bicyclic) bond motifs is 1. The van der Waals surface area contributed by atoms with E-state index in [1.807, 2.05) is 30.0 Å². The number of thiazole rings is 1. The van der Waals surface area contributed by atoms with Gasteiger partial charge >= 0.3 is 0 Å². The molecule has 2 aromatic heterocycles. The van der Waals surface area contributed by atoms with Crippen LogP contribution in [0.2, 0.25) is 0 Å². The summed E-state index contributed by atoms with van der Waals surface area (Å²) in [6.07, 6.45) is 2.56. The summed E-state index contributed by atoms with van der Waals surface area (Å²) in [6.45, 7) is 7.67. The second-order valence-corrected chi connectivity index (χ2v) is 8.83. The van der Waals surface area contributed by atoms with Crippen molar-refractivity contribution >= 4 is 48.5 Å². The maximum atomic E-state index is 13.4. The molecule has 1 fully saturated rings. The summed E-state index contributed by atoms with van der Waals surface area (Å²) in [5.41, 5.74) is 1.50. The van der Waals surface area contributed by atoms with Crippen LogP contribution in [0.25, 0.3) is 10.2 Å². The number of morpholine rings is 1. The molecular formula is C20H24BrN5O2S. The molecule has 0 aliphatic carbocycles. The van der Waals surface area contributed by atoms with Gasteiger partial charge in [0.2, 0.25) is 0 Å². The Kier molecular flexibility index (Phi) is 6.59. The van der Waals surface area contributed by atoms with Gasteiger partial charge in [0.1, 0.15) is 5.69 Å². The van der Waals surface area contributed by atoms with Crippen LogP contribution < -0.4 is 4.90 Å². The zero-order chi connectivity index (χ0) is 20.2. The molecule has 3 aromatic rings. The Labute approximate surface area is 182 Å². The maximum absolute atomic E-state index is 13.4. The highest BCUT2D eigenvalue weighted by atomic mass is 79.9. The van der Waals surface area contributed by atoms with E-state index in [0.717, 1.165) is 59.1 Å².